The normalized spacial score (nSPS) is 13.6. The number of pyridine rings is 1. The summed E-state index contributed by atoms with van der Waals surface area (Å²) in [4.78, 5) is 31.0. The minimum absolute atomic E-state index is 0.128. The number of hydrogen-bond donors (Lipinski definition) is 0. The molecule has 37 heavy (non-hydrogen) atoms. The van der Waals surface area contributed by atoms with Crippen molar-refractivity contribution in [2.45, 2.75) is 6.42 Å². The molecule has 0 aliphatic carbocycles. The van der Waals surface area contributed by atoms with Gasteiger partial charge in [0.05, 0.1) is 17.2 Å². The van der Waals surface area contributed by atoms with Crippen LogP contribution in [0.25, 0.3) is 22.2 Å². The van der Waals surface area contributed by atoms with Crippen molar-refractivity contribution in [3.05, 3.63) is 115 Å². The topological polar surface area (TPSA) is 62.2 Å². The Hall–Kier alpha value is -4.58. The Balaban J connectivity index is 1.16. The Morgan fingerprint density at radius 2 is 1.43 bits per heavy atom. The van der Waals surface area contributed by atoms with Crippen LogP contribution in [-0.2, 0) is 6.42 Å². The van der Waals surface area contributed by atoms with Crippen molar-refractivity contribution >= 4 is 28.3 Å². The van der Waals surface area contributed by atoms with E-state index in [-0.39, 0.29) is 5.78 Å². The zero-order valence-corrected chi connectivity index (χ0v) is 20.5. The van der Waals surface area contributed by atoms with Gasteiger partial charge in [-0.1, -0.05) is 60.7 Å². The van der Waals surface area contributed by atoms with Gasteiger partial charge in [0.2, 0.25) is 0 Å². The molecule has 0 spiro atoms. The third kappa shape index (κ3) is 5.05. The number of aromatic nitrogens is 3. The monoisotopic (exact) mass is 485 g/mol. The van der Waals surface area contributed by atoms with Gasteiger partial charge in [-0.25, -0.2) is 4.98 Å². The van der Waals surface area contributed by atoms with Gasteiger partial charge >= 0.3 is 0 Å². The van der Waals surface area contributed by atoms with E-state index in [1.807, 2.05) is 67.1 Å². The summed E-state index contributed by atoms with van der Waals surface area (Å²) in [6, 6.07) is 28.0. The van der Waals surface area contributed by atoms with E-state index in [2.05, 4.69) is 56.2 Å². The van der Waals surface area contributed by atoms with Crippen molar-refractivity contribution in [2.24, 2.45) is 0 Å². The molecule has 0 saturated carbocycles. The second-order valence-electron chi connectivity index (χ2n) is 9.27. The first-order valence-corrected chi connectivity index (χ1v) is 12.6. The Kier molecular flexibility index (Phi) is 6.29. The first-order chi connectivity index (χ1) is 18.2. The molecule has 6 rings (SSSR count). The van der Waals surface area contributed by atoms with Crippen molar-refractivity contribution in [3.63, 3.8) is 0 Å². The average molecular weight is 486 g/mol. The van der Waals surface area contributed by atoms with Crippen LogP contribution in [0.5, 0.6) is 0 Å². The van der Waals surface area contributed by atoms with Gasteiger partial charge < -0.3 is 9.80 Å². The van der Waals surface area contributed by atoms with E-state index in [0.29, 0.717) is 6.42 Å². The Bertz CT molecular complexity index is 1510. The van der Waals surface area contributed by atoms with Crippen LogP contribution in [0.3, 0.4) is 0 Å². The maximum Gasteiger partial charge on any atom is 0.167 e. The van der Waals surface area contributed by atoms with Gasteiger partial charge in [-0.2, -0.15) is 0 Å². The van der Waals surface area contributed by atoms with Crippen LogP contribution in [-0.4, -0.2) is 46.9 Å². The lowest BCUT2D eigenvalue weighted by atomic mass is 9.99. The zero-order valence-electron chi connectivity index (χ0n) is 20.5. The minimum atomic E-state index is 0.128. The third-order valence-corrected chi connectivity index (χ3v) is 6.91. The lowest BCUT2D eigenvalue weighted by molar-refractivity contribution is 0.0993. The summed E-state index contributed by atoms with van der Waals surface area (Å²) in [5.74, 6) is 1.04. The standard InChI is InChI=1S/C31H27N5O/c37-30(25-4-2-1-3-5-25)20-23-6-8-24(9-7-23)26-10-11-28-29(21-26)34-31(22-33-28)36-18-16-35(17-19-36)27-12-14-32-15-13-27/h1-15,21-22H,16-20H2. The quantitative estimate of drug-likeness (QED) is 0.298. The zero-order chi connectivity index (χ0) is 25.0. The molecular formula is C31H27N5O. The highest BCUT2D eigenvalue weighted by molar-refractivity contribution is 5.97. The molecule has 0 atom stereocenters. The fourth-order valence-electron chi connectivity index (χ4n) is 4.81. The summed E-state index contributed by atoms with van der Waals surface area (Å²) in [5.41, 5.74) is 6.90. The molecule has 3 aromatic carbocycles. The molecular weight excluding hydrogens is 458 g/mol. The molecule has 6 nitrogen and oxygen atoms in total. The lowest BCUT2D eigenvalue weighted by Crippen LogP contribution is -2.46. The number of hydrogen-bond acceptors (Lipinski definition) is 6. The number of carbonyl (C=O) groups excluding carboxylic acids is 1. The predicted octanol–water partition coefficient (Wildman–Crippen LogP) is 5.44. The van der Waals surface area contributed by atoms with Gasteiger partial charge in [0, 0.05) is 56.2 Å². The average Bonchev–Trinajstić information content (AvgIpc) is 2.98. The second-order valence-corrected chi connectivity index (χ2v) is 9.27. The van der Waals surface area contributed by atoms with Gasteiger partial charge in [-0.15, -0.1) is 0 Å². The number of benzene rings is 3. The van der Waals surface area contributed by atoms with E-state index < -0.39 is 0 Å². The van der Waals surface area contributed by atoms with Gasteiger partial charge in [0.1, 0.15) is 5.82 Å². The third-order valence-electron chi connectivity index (χ3n) is 6.91. The van der Waals surface area contributed by atoms with E-state index in [4.69, 9.17) is 4.98 Å². The second kappa shape index (κ2) is 10.2. The maximum atomic E-state index is 12.5. The SMILES string of the molecule is O=C(Cc1ccc(-c2ccc3ncc(N4CCN(c5ccncc5)CC4)nc3c2)cc1)c1ccccc1. The number of Topliss-reactive ketones (excluding diaryl/α,β-unsaturated/α-hetero) is 1. The fourth-order valence-corrected chi connectivity index (χ4v) is 4.81. The molecule has 2 aromatic heterocycles. The van der Waals surface area contributed by atoms with E-state index >= 15 is 0 Å². The minimum Gasteiger partial charge on any atom is -0.368 e. The van der Waals surface area contributed by atoms with E-state index in [9.17, 15) is 4.79 Å². The Labute approximate surface area is 216 Å². The molecule has 0 amide bonds. The van der Waals surface area contributed by atoms with Crippen molar-refractivity contribution in [1.82, 2.24) is 15.0 Å². The largest absolute Gasteiger partial charge is 0.368 e. The van der Waals surface area contributed by atoms with Gasteiger partial charge in [-0.05, 0) is 41.0 Å². The van der Waals surface area contributed by atoms with Crippen LogP contribution < -0.4 is 9.80 Å². The highest BCUT2D eigenvalue weighted by Crippen LogP contribution is 2.26. The summed E-state index contributed by atoms with van der Waals surface area (Å²) < 4.78 is 0. The van der Waals surface area contributed by atoms with Crippen molar-refractivity contribution < 1.29 is 4.79 Å². The molecule has 1 aliphatic heterocycles. The summed E-state index contributed by atoms with van der Waals surface area (Å²) in [5, 5.41) is 0. The van der Waals surface area contributed by atoms with Gasteiger partial charge in [-0.3, -0.25) is 14.8 Å². The molecule has 3 heterocycles. The fraction of sp³-hybridized carbons (Fsp3) is 0.161. The van der Waals surface area contributed by atoms with E-state index in [0.717, 1.165) is 65.3 Å². The number of carbonyl (C=O) groups is 1. The smallest absolute Gasteiger partial charge is 0.167 e. The Morgan fingerprint density at radius 3 is 2.19 bits per heavy atom. The first-order valence-electron chi connectivity index (χ1n) is 12.6. The van der Waals surface area contributed by atoms with Crippen molar-refractivity contribution in [2.75, 3.05) is 36.0 Å². The van der Waals surface area contributed by atoms with Crippen LogP contribution in [0.4, 0.5) is 11.5 Å². The first kappa shape index (κ1) is 22.9. The van der Waals surface area contributed by atoms with Gasteiger partial charge in [0.15, 0.2) is 5.78 Å². The predicted molar refractivity (Wildman–Crippen MR) is 148 cm³/mol. The number of fused-ring (bicyclic) bond motifs is 1. The molecule has 1 fully saturated rings. The van der Waals surface area contributed by atoms with Crippen molar-refractivity contribution in [3.8, 4) is 11.1 Å². The summed E-state index contributed by atoms with van der Waals surface area (Å²) >= 11 is 0. The molecule has 1 aliphatic rings. The van der Waals surface area contributed by atoms with Crippen molar-refractivity contribution in [1.29, 1.82) is 0 Å². The maximum absolute atomic E-state index is 12.5. The van der Waals surface area contributed by atoms with Crippen LogP contribution in [0.15, 0.2) is 104 Å². The lowest BCUT2D eigenvalue weighted by Gasteiger charge is -2.36. The molecule has 182 valence electrons. The highest BCUT2D eigenvalue weighted by atomic mass is 16.1. The number of piperazine rings is 1. The molecule has 0 bridgehead atoms. The number of nitrogens with zero attached hydrogens (tertiary/aromatic N) is 5. The summed E-state index contributed by atoms with van der Waals surface area (Å²) in [7, 11) is 0. The number of ketones is 1. The van der Waals surface area contributed by atoms with Crippen LogP contribution in [0.2, 0.25) is 0 Å². The summed E-state index contributed by atoms with van der Waals surface area (Å²) in [6.07, 6.45) is 5.95. The molecule has 0 radical (unpaired) electrons. The summed E-state index contributed by atoms with van der Waals surface area (Å²) in [6.45, 7) is 3.66. The Morgan fingerprint density at radius 1 is 0.730 bits per heavy atom. The van der Waals surface area contributed by atoms with Crippen LogP contribution >= 0.6 is 0 Å². The van der Waals surface area contributed by atoms with E-state index in [1.54, 1.807) is 0 Å². The molecule has 0 unspecified atom stereocenters. The highest BCUT2D eigenvalue weighted by Gasteiger charge is 2.19. The number of anilines is 2. The molecule has 1 saturated heterocycles. The van der Waals surface area contributed by atoms with Crippen LogP contribution in [0.1, 0.15) is 15.9 Å². The van der Waals surface area contributed by atoms with Crippen LogP contribution in [0, 0.1) is 0 Å². The van der Waals surface area contributed by atoms with E-state index in [1.165, 1.54) is 5.69 Å². The van der Waals surface area contributed by atoms with Gasteiger partial charge in [0.25, 0.3) is 0 Å². The molecule has 6 heteroatoms. The molecule has 0 N–H and O–H groups in total. The number of rotatable bonds is 6. The molecule has 5 aromatic rings.